The zero-order chi connectivity index (χ0) is 34.5. The van der Waals surface area contributed by atoms with Crippen molar-refractivity contribution in [1.29, 1.82) is 0 Å². The summed E-state index contributed by atoms with van der Waals surface area (Å²) >= 11 is 1.91. The van der Waals surface area contributed by atoms with E-state index in [1.165, 1.54) is 34.8 Å². The Labute approximate surface area is 284 Å². The highest BCUT2D eigenvalue weighted by Gasteiger charge is 2.23. The second-order valence-electron chi connectivity index (χ2n) is 10.9. The average Bonchev–Trinajstić information content (AvgIpc) is 3.68. The van der Waals surface area contributed by atoms with E-state index in [0.717, 1.165) is 64.8 Å². The van der Waals surface area contributed by atoms with Crippen LogP contribution in [0.25, 0.3) is 22.1 Å². The average molecular weight is 648 g/mol. The molecular formula is C40H61N3O2S. The lowest BCUT2D eigenvalue weighted by Gasteiger charge is -2.11. The molecule has 2 N–H and O–H groups in total. The van der Waals surface area contributed by atoms with Crippen LogP contribution < -0.4 is 5.73 Å². The van der Waals surface area contributed by atoms with Crippen molar-refractivity contribution >= 4 is 28.7 Å². The van der Waals surface area contributed by atoms with Crippen LogP contribution in [0.2, 0.25) is 0 Å². The molecule has 4 rings (SSSR count). The molecule has 6 heteroatoms. The van der Waals surface area contributed by atoms with Crippen molar-refractivity contribution in [3.05, 3.63) is 88.4 Å². The molecule has 3 aromatic rings. The molecule has 0 aliphatic carbocycles. The van der Waals surface area contributed by atoms with Crippen molar-refractivity contribution in [3.8, 4) is 11.3 Å². The van der Waals surface area contributed by atoms with Crippen LogP contribution in [0.15, 0.2) is 86.7 Å². The molecule has 0 saturated carbocycles. The summed E-state index contributed by atoms with van der Waals surface area (Å²) in [6.45, 7) is 22.5. The number of nitrogens with zero attached hydrogens (tertiary/aromatic N) is 2. The van der Waals surface area contributed by atoms with E-state index in [4.69, 9.17) is 15.0 Å². The van der Waals surface area contributed by atoms with Gasteiger partial charge in [-0.15, -0.1) is 0 Å². The molecule has 2 heterocycles. The van der Waals surface area contributed by atoms with Gasteiger partial charge in [0.1, 0.15) is 0 Å². The van der Waals surface area contributed by atoms with Crippen LogP contribution in [0, 0.1) is 6.92 Å². The normalized spacial score (nSPS) is 17.0. The molecule has 1 aromatic heterocycles. The Hall–Kier alpha value is -3.09. The predicted octanol–water partition coefficient (Wildman–Crippen LogP) is 12.0. The lowest BCUT2D eigenvalue weighted by Crippen LogP contribution is -2.11. The highest BCUT2D eigenvalue weighted by atomic mass is 32.2. The first-order valence-corrected chi connectivity index (χ1v) is 18.4. The number of benzene rings is 2. The van der Waals surface area contributed by atoms with Crippen LogP contribution in [0.4, 0.5) is 0 Å². The molecule has 1 saturated heterocycles. The van der Waals surface area contributed by atoms with Crippen LogP contribution in [-0.2, 0) is 10.5 Å². The van der Waals surface area contributed by atoms with Crippen LogP contribution >= 0.6 is 11.8 Å². The number of fused-ring (bicyclic) bond motifs is 1. The van der Waals surface area contributed by atoms with Crippen molar-refractivity contribution in [1.82, 2.24) is 5.16 Å². The second-order valence-corrected chi connectivity index (χ2v) is 11.9. The molecule has 46 heavy (non-hydrogen) atoms. The van der Waals surface area contributed by atoms with Crippen LogP contribution in [0.3, 0.4) is 0 Å². The van der Waals surface area contributed by atoms with Gasteiger partial charge in [0.05, 0.1) is 17.9 Å². The summed E-state index contributed by atoms with van der Waals surface area (Å²) in [5, 5.41) is 6.67. The number of allylic oxidation sites excluding steroid dienone is 4. The van der Waals surface area contributed by atoms with Gasteiger partial charge in [0, 0.05) is 45.8 Å². The summed E-state index contributed by atoms with van der Waals surface area (Å²) in [5.41, 5.74) is 13.6. The number of aromatic nitrogens is 1. The van der Waals surface area contributed by atoms with Crippen LogP contribution in [0.5, 0.6) is 0 Å². The van der Waals surface area contributed by atoms with Gasteiger partial charge in [0.25, 0.3) is 0 Å². The van der Waals surface area contributed by atoms with Gasteiger partial charge >= 0.3 is 0 Å². The molecule has 2 aromatic carbocycles. The molecule has 2 atom stereocenters. The predicted molar refractivity (Wildman–Crippen MR) is 205 cm³/mol. The zero-order valence-corrected chi connectivity index (χ0v) is 31.4. The largest absolute Gasteiger partial charge is 0.398 e. The Kier molecular flexibility index (Phi) is 20.7. The second kappa shape index (κ2) is 23.3. The third-order valence-corrected chi connectivity index (χ3v) is 8.72. The summed E-state index contributed by atoms with van der Waals surface area (Å²) in [7, 11) is 0. The fourth-order valence-electron chi connectivity index (χ4n) is 4.95. The molecule has 0 bridgehead atoms. The van der Waals surface area contributed by atoms with E-state index in [9.17, 15) is 0 Å². The molecule has 2 unspecified atom stereocenters. The minimum atomic E-state index is 0.390. The maximum atomic E-state index is 6.18. The summed E-state index contributed by atoms with van der Waals surface area (Å²) in [5.74, 6) is 2.84. The number of nitrogens with two attached hydrogens (primary N) is 1. The van der Waals surface area contributed by atoms with Gasteiger partial charge < -0.3 is 15.0 Å². The first-order valence-electron chi connectivity index (χ1n) is 17.3. The van der Waals surface area contributed by atoms with Gasteiger partial charge in [-0.3, -0.25) is 4.99 Å². The van der Waals surface area contributed by atoms with E-state index in [-0.39, 0.29) is 0 Å². The van der Waals surface area contributed by atoms with E-state index in [0.29, 0.717) is 12.2 Å². The quantitative estimate of drug-likeness (QED) is 0.166. The van der Waals surface area contributed by atoms with Crippen molar-refractivity contribution in [3.63, 3.8) is 0 Å². The molecule has 0 spiro atoms. The summed E-state index contributed by atoms with van der Waals surface area (Å²) in [6.07, 6.45) is 12.4. The van der Waals surface area contributed by atoms with E-state index in [2.05, 4.69) is 92.5 Å². The summed E-state index contributed by atoms with van der Waals surface area (Å²) in [6, 6.07) is 14.8. The van der Waals surface area contributed by atoms with E-state index in [1.54, 1.807) is 6.21 Å². The lowest BCUT2D eigenvalue weighted by atomic mass is 10.0. The lowest BCUT2D eigenvalue weighted by molar-refractivity contribution is 0.0700. The zero-order valence-electron chi connectivity index (χ0n) is 30.6. The minimum Gasteiger partial charge on any atom is -0.398 e. The smallest absolute Gasteiger partial charge is 0.171 e. The molecule has 5 nitrogen and oxygen atoms in total. The maximum absolute atomic E-state index is 6.18. The number of thioether (sulfide) groups is 1. The van der Waals surface area contributed by atoms with Crippen molar-refractivity contribution < 1.29 is 9.26 Å². The molecule has 0 radical (unpaired) electrons. The first kappa shape index (κ1) is 40.9. The number of unbranched alkanes of at least 4 members (excludes halogenated alkanes) is 1. The Morgan fingerprint density at radius 2 is 1.74 bits per heavy atom. The number of ether oxygens (including phenoxy) is 1. The number of hydrogen-bond acceptors (Lipinski definition) is 6. The third-order valence-electron chi connectivity index (χ3n) is 7.62. The fraction of sp³-hybridized carbons (Fsp3) is 0.500. The van der Waals surface area contributed by atoms with Gasteiger partial charge in [0.15, 0.2) is 5.76 Å². The monoisotopic (exact) mass is 647 g/mol. The summed E-state index contributed by atoms with van der Waals surface area (Å²) in [4.78, 5) is 4.33. The molecule has 1 fully saturated rings. The maximum Gasteiger partial charge on any atom is 0.171 e. The van der Waals surface area contributed by atoms with Crippen molar-refractivity contribution in [2.75, 3.05) is 5.75 Å². The molecule has 254 valence electrons. The molecule has 1 aliphatic heterocycles. The Bertz CT molecular complexity index is 1410. The van der Waals surface area contributed by atoms with Gasteiger partial charge in [-0.2, -0.15) is 11.8 Å². The van der Waals surface area contributed by atoms with Crippen LogP contribution in [0.1, 0.15) is 113 Å². The van der Waals surface area contributed by atoms with E-state index < -0.39 is 0 Å². The Morgan fingerprint density at radius 1 is 1.04 bits per heavy atom. The Morgan fingerprint density at radius 3 is 2.37 bits per heavy atom. The SMILES string of the molecule is CC.CC.CC=N/C(C)=C(/C=C\CCC)C(\N)=C(/C)CC.Cc1noc(-c2cccc3ccccc23)c1CSCC1CCC(C)O1. The highest BCUT2D eigenvalue weighted by molar-refractivity contribution is 7.98. The van der Waals surface area contributed by atoms with E-state index in [1.807, 2.05) is 60.2 Å². The van der Waals surface area contributed by atoms with Gasteiger partial charge in [-0.1, -0.05) is 108 Å². The molecular weight excluding hydrogens is 587 g/mol. The fourth-order valence-corrected chi connectivity index (χ4v) is 6.12. The third kappa shape index (κ3) is 12.6. The van der Waals surface area contributed by atoms with Gasteiger partial charge in [-0.05, 0) is 76.6 Å². The van der Waals surface area contributed by atoms with Crippen molar-refractivity contribution in [2.45, 2.75) is 126 Å². The number of hydrogen-bond donors (Lipinski definition) is 1. The minimum absolute atomic E-state index is 0.390. The molecule has 1 aliphatic rings. The number of aliphatic imine (C=N–C) groups is 1. The van der Waals surface area contributed by atoms with Crippen LogP contribution in [-0.4, -0.2) is 29.3 Å². The standard InChI is InChI=1S/C21H23NO2S.C15H26N2.2C2H6/c1-14-10-11-17(23-14)12-25-13-20-15(2)22-24-21(20)19-9-5-7-16-6-3-4-8-18(16)19;1-6-9-10-11-14(13(5)17-8-3)15(16)12(4)7-2;2*1-2/h3-9,14,17H,10-13H2,1-2H3;8,10-11H,6-7,9,16H2,1-5H3;2*1-2H3/b;11-10-,14-13-,15-12-,17-8?;;. The van der Waals surface area contributed by atoms with Gasteiger partial charge in [0.2, 0.25) is 0 Å². The topological polar surface area (TPSA) is 73.6 Å². The van der Waals surface area contributed by atoms with Crippen molar-refractivity contribution in [2.24, 2.45) is 10.7 Å². The highest BCUT2D eigenvalue weighted by Crippen LogP contribution is 2.35. The first-order chi connectivity index (χ1) is 22.3. The Balaban J connectivity index is 0.000000444. The summed E-state index contributed by atoms with van der Waals surface area (Å²) < 4.78 is 11.7. The number of aryl methyl sites for hydroxylation is 1. The molecule has 0 amide bonds. The van der Waals surface area contributed by atoms with Gasteiger partial charge in [-0.25, -0.2) is 0 Å². The van der Waals surface area contributed by atoms with E-state index >= 15 is 0 Å². The number of rotatable bonds is 11.